The SMILES string of the molecule is CC(N)C1CCN(S(=O)(=O)c2ccc(Cl)c(Cl)c2)C1. The van der Waals surface area contributed by atoms with Gasteiger partial charge in [-0.25, -0.2) is 8.42 Å². The number of halogens is 2. The van der Waals surface area contributed by atoms with Crippen LogP contribution in [-0.2, 0) is 10.0 Å². The highest BCUT2D eigenvalue weighted by atomic mass is 35.5. The van der Waals surface area contributed by atoms with Gasteiger partial charge in [0.15, 0.2) is 0 Å². The van der Waals surface area contributed by atoms with E-state index in [1.807, 2.05) is 6.92 Å². The first kappa shape index (κ1) is 15.1. The normalized spacial score (nSPS) is 22.6. The van der Waals surface area contributed by atoms with Crippen LogP contribution in [0, 0.1) is 5.92 Å². The molecule has 1 aliphatic heterocycles. The van der Waals surface area contributed by atoms with Crippen molar-refractivity contribution >= 4 is 33.2 Å². The van der Waals surface area contributed by atoms with Gasteiger partial charge < -0.3 is 5.73 Å². The summed E-state index contributed by atoms with van der Waals surface area (Å²) in [5, 5.41) is 0.584. The molecule has 1 heterocycles. The lowest BCUT2D eigenvalue weighted by Gasteiger charge is -2.18. The minimum atomic E-state index is -3.51. The van der Waals surface area contributed by atoms with Crippen LogP contribution < -0.4 is 5.73 Å². The molecule has 2 N–H and O–H groups in total. The Morgan fingerprint density at radius 1 is 1.37 bits per heavy atom. The fourth-order valence-corrected chi connectivity index (χ4v) is 4.09. The highest BCUT2D eigenvalue weighted by Crippen LogP contribution is 2.29. The van der Waals surface area contributed by atoms with Crippen molar-refractivity contribution < 1.29 is 8.42 Å². The second kappa shape index (κ2) is 5.58. The van der Waals surface area contributed by atoms with E-state index in [0.29, 0.717) is 18.1 Å². The number of hydrogen-bond acceptors (Lipinski definition) is 3. The van der Waals surface area contributed by atoms with E-state index in [4.69, 9.17) is 28.9 Å². The Kier molecular flexibility index (Phi) is 4.42. The van der Waals surface area contributed by atoms with Crippen LogP contribution >= 0.6 is 23.2 Å². The largest absolute Gasteiger partial charge is 0.328 e. The monoisotopic (exact) mass is 322 g/mol. The number of sulfonamides is 1. The number of rotatable bonds is 3. The lowest BCUT2D eigenvalue weighted by atomic mass is 10.0. The summed E-state index contributed by atoms with van der Waals surface area (Å²) in [5.41, 5.74) is 5.83. The van der Waals surface area contributed by atoms with E-state index in [2.05, 4.69) is 0 Å². The molecule has 0 amide bonds. The summed E-state index contributed by atoms with van der Waals surface area (Å²) < 4.78 is 26.4. The van der Waals surface area contributed by atoms with Crippen LogP contribution in [0.15, 0.2) is 23.1 Å². The Bertz CT molecular complexity index is 575. The fraction of sp³-hybridized carbons (Fsp3) is 0.500. The zero-order valence-electron chi connectivity index (χ0n) is 10.5. The summed E-state index contributed by atoms with van der Waals surface area (Å²) in [4.78, 5) is 0.173. The van der Waals surface area contributed by atoms with Crippen molar-refractivity contribution in [1.29, 1.82) is 0 Å². The maximum atomic E-state index is 12.4. The maximum Gasteiger partial charge on any atom is 0.243 e. The molecule has 2 unspecified atom stereocenters. The Morgan fingerprint density at radius 2 is 2.05 bits per heavy atom. The summed E-state index contributed by atoms with van der Waals surface area (Å²) in [6, 6.07) is 4.35. The molecule has 7 heteroatoms. The number of nitrogens with zero attached hydrogens (tertiary/aromatic N) is 1. The Balaban J connectivity index is 2.26. The Morgan fingerprint density at radius 3 is 2.58 bits per heavy atom. The molecule has 1 fully saturated rings. The minimum absolute atomic E-state index is 0.00555. The van der Waals surface area contributed by atoms with Crippen LogP contribution in [0.4, 0.5) is 0 Å². The highest BCUT2D eigenvalue weighted by molar-refractivity contribution is 7.89. The smallest absolute Gasteiger partial charge is 0.243 e. The first-order valence-corrected chi connectivity index (χ1v) is 8.22. The van der Waals surface area contributed by atoms with E-state index in [1.165, 1.54) is 22.5 Å². The second-order valence-electron chi connectivity index (χ2n) is 4.85. The van der Waals surface area contributed by atoms with Gasteiger partial charge in [0.25, 0.3) is 0 Å². The molecule has 0 radical (unpaired) electrons. The van der Waals surface area contributed by atoms with Gasteiger partial charge in [0.2, 0.25) is 10.0 Å². The number of benzene rings is 1. The molecule has 1 aromatic rings. The molecule has 2 atom stereocenters. The van der Waals surface area contributed by atoms with Gasteiger partial charge >= 0.3 is 0 Å². The van der Waals surface area contributed by atoms with Crippen molar-refractivity contribution in [3.8, 4) is 0 Å². The van der Waals surface area contributed by atoms with Gasteiger partial charge in [-0.1, -0.05) is 23.2 Å². The molecule has 0 aromatic heterocycles. The van der Waals surface area contributed by atoms with Gasteiger partial charge in [-0.05, 0) is 37.5 Å². The third-order valence-electron chi connectivity index (χ3n) is 3.46. The first-order chi connectivity index (χ1) is 8.82. The zero-order chi connectivity index (χ0) is 14.2. The first-order valence-electron chi connectivity index (χ1n) is 6.03. The third kappa shape index (κ3) is 3.06. The lowest BCUT2D eigenvalue weighted by Crippen LogP contribution is -2.33. The van der Waals surface area contributed by atoms with E-state index in [1.54, 1.807) is 0 Å². The molecular weight excluding hydrogens is 307 g/mol. The summed E-state index contributed by atoms with van der Waals surface area (Å²) >= 11 is 11.7. The van der Waals surface area contributed by atoms with Crippen LogP contribution in [-0.4, -0.2) is 31.9 Å². The van der Waals surface area contributed by atoms with Crippen molar-refractivity contribution in [2.24, 2.45) is 11.7 Å². The fourth-order valence-electron chi connectivity index (χ4n) is 2.19. The van der Waals surface area contributed by atoms with E-state index in [9.17, 15) is 8.42 Å². The third-order valence-corrected chi connectivity index (χ3v) is 6.06. The summed E-state index contributed by atoms with van der Waals surface area (Å²) in [7, 11) is -3.51. The summed E-state index contributed by atoms with van der Waals surface area (Å²) in [6.07, 6.45) is 0.790. The minimum Gasteiger partial charge on any atom is -0.328 e. The van der Waals surface area contributed by atoms with E-state index in [0.717, 1.165) is 6.42 Å². The van der Waals surface area contributed by atoms with Crippen molar-refractivity contribution in [3.63, 3.8) is 0 Å². The average Bonchev–Trinajstić information content (AvgIpc) is 2.82. The molecule has 0 saturated carbocycles. The molecule has 0 bridgehead atoms. The lowest BCUT2D eigenvalue weighted by molar-refractivity contribution is 0.429. The molecule has 1 aromatic carbocycles. The van der Waals surface area contributed by atoms with Gasteiger partial charge in [-0.3, -0.25) is 0 Å². The predicted molar refractivity (Wildman–Crippen MR) is 77.0 cm³/mol. The van der Waals surface area contributed by atoms with Crippen LogP contribution in [0.5, 0.6) is 0 Å². The van der Waals surface area contributed by atoms with Crippen molar-refractivity contribution in [3.05, 3.63) is 28.2 Å². The van der Waals surface area contributed by atoms with Crippen molar-refractivity contribution in [2.75, 3.05) is 13.1 Å². The molecule has 1 aliphatic rings. The topological polar surface area (TPSA) is 63.4 Å². The molecule has 2 rings (SSSR count). The molecule has 1 saturated heterocycles. The zero-order valence-corrected chi connectivity index (χ0v) is 12.8. The standard InChI is InChI=1S/C12H16Cl2N2O2S/c1-8(15)9-4-5-16(7-9)19(17,18)10-2-3-11(13)12(14)6-10/h2-3,6,8-9H,4-5,7,15H2,1H3. The van der Waals surface area contributed by atoms with E-state index in [-0.39, 0.29) is 21.9 Å². The highest BCUT2D eigenvalue weighted by Gasteiger charge is 2.34. The number of nitrogens with two attached hydrogens (primary N) is 1. The maximum absolute atomic E-state index is 12.4. The van der Waals surface area contributed by atoms with Crippen molar-refractivity contribution in [1.82, 2.24) is 4.31 Å². The molecule has 0 spiro atoms. The quantitative estimate of drug-likeness (QED) is 0.929. The molecular formula is C12H16Cl2N2O2S. The van der Waals surface area contributed by atoms with E-state index < -0.39 is 10.0 Å². The Labute approximate surface area is 123 Å². The summed E-state index contributed by atoms with van der Waals surface area (Å²) in [5.74, 6) is 0.206. The molecule has 19 heavy (non-hydrogen) atoms. The van der Waals surface area contributed by atoms with Gasteiger partial charge in [0.1, 0.15) is 0 Å². The number of hydrogen-bond donors (Lipinski definition) is 1. The van der Waals surface area contributed by atoms with Gasteiger partial charge in [-0.15, -0.1) is 0 Å². The Hall–Kier alpha value is -0.330. The molecule has 4 nitrogen and oxygen atoms in total. The van der Waals surface area contributed by atoms with E-state index >= 15 is 0 Å². The van der Waals surface area contributed by atoms with Crippen LogP contribution in [0.1, 0.15) is 13.3 Å². The van der Waals surface area contributed by atoms with Gasteiger partial charge in [-0.2, -0.15) is 4.31 Å². The molecule has 106 valence electrons. The average molecular weight is 323 g/mol. The van der Waals surface area contributed by atoms with Crippen LogP contribution in [0.25, 0.3) is 0 Å². The van der Waals surface area contributed by atoms with Gasteiger partial charge in [0, 0.05) is 19.1 Å². The van der Waals surface area contributed by atoms with Crippen molar-refractivity contribution in [2.45, 2.75) is 24.3 Å². The van der Waals surface area contributed by atoms with Gasteiger partial charge in [0.05, 0.1) is 14.9 Å². The summed E-state index contributed by atoms with van der Waals surface area (Å²) in [6.45, 7) is 2.86. The second-order valence-corrected chi connectivity index (χ2v) is 7.60. The molecule has 0 aliphatic carbocycles. The predicted octanol–water partition coefficient (Wildman–Crippen LogP) is 2.35. The van der Waals surface area contributed by atoms with Crippen LogP contribution in [0.2, 0.25) is 10.0 Å². The van der Waals surface area contributed by atoms with Crippen LogP contribution in [0.3, 0.4) is 0 Å².